The number of nitrogens with zero attached hydrogens (tertiary/aromatic N) is 1. The zero-order chi connectivity index (χ0) is 14.0. The number of β-amino-alcohol motifs (C(OH)–C–C–N with tert-alkyl or cyclic N) is 1. The molecule has 1 heterocycles. The van der Waals surface area contributed by atoms with E-state index in [2.05, 4.69) is 5.32 Å². The summed E-state index contributed by atoms with van der Waals surface area (Å²) in [6.45, 7) is 1.60. The van der Waals surface area contributed by atoms with Crippen LogP contribution in [0, 0.1) is 6.92 Å². The zero-order valence-corrected chi connectivity index (χ0v) is 11.1. The molecule has 1 aliphatic rings. The van der Waals surface area contributed by atoms with Crippen molar-refractivity contribution in [1.29, 1.82) is 0 Å². The molecule has 1 aliphatic heterocycles. The van der Waals surface area contributed by atoms with Crippen LogP contribution >= 0.6 is 11.6 Å². The SMILES string of the molecule is Cc1cc(Cl)ccc1NC1=CC(=O)N(CCO)C1=O. The van der Waals surface area contributed by atoms with Crippen molar-refractivity contribution in [3.63, 3.8) is 0 Å². The van der Waals surface area contributed by atoms with E-state index in [0.29, 0.717) is 10.7 Å². The molecule has 1 aromatic carbocycles. The summed E-state index contributed by atoms with van der Waals surface area (Å²) in [5, 5.41) is 12.3. The Labute approximate surface area is 115 Å². The topological polar surface area (TPSA) is 69.6 Å². The summed E-state index contributed by atoms with van der Waals surface area (Å²) >= 11 is 5.85. The fourth-order valence-electron chi connectivity index (χ4n) is 1.82. The lowest BCUT2D eigenvalue weighted by Crippen LogP contribution is -2.34. The van der Waals surface area contributed by atoms with Gasteiger partial charge in [0.05, 0.1) is 13.2 Å². The average Bonchev–Trinajstić information content (AvgIpc) is 2.61. The Bertz CT molecular complexity index is 569. The molecule has 0 saturated heterocycles. The van der Waals surface area contributed by atoms with Crippen LogP contribution in [0.2, 0.25) is 5.02 Å². The molecule has 0 aromatic heterocycles. The maximum atomic E-state index is 11.9. The first-order valence-corrected chi connectivity index (χ1v) is 6.12. The van der Waals surface area contributed by atoms with Gasteiger partial charge in [-0.1, -0.05) is 11.6 Å². The third kappa shape index (κ3) is 2.77. The highest BCUT2D eigenvalue weighted by molar-refractivity contribution is 6.30. The number of amides is 2. The van der Waals surface area contributed by atoms with Gasteiger partial charge >= 0.3 is 0 Å². The van der Waals surface area contributed by atoms with E-state index in [-0.39, 0.29) is 18.8 Å². The second-order valence-electron chi connectivity index (χ2n) is 4.16. The summed E-state index contributed by atoms with van der Waals surface area (Å²) in [5.74, 6) is -0.860. The maximum Gasteiger partial charge on any atom is 0.277 e. The van der Waals surface area contributed by atoms with Crippen molar-refractivity contribution in [3.8, 4) is 0 Å². The fraction of sp³-hybridized carbons (Fsp3) is 0.231. The molecule has 0 spiro atoms. The highest BCUT2D eigenvalue weighted by Gasteiger charge is 2.30. The molecular formula is C13H13ClN2O3. The van der Waals surface area contributed by atoms with Crippen molar-refractivity contribution in [3.05, 3.63) is 40.6 Å². The van der Waals surface area contributed by atoms with E-state index in [1.165, 1.54) is 6.08 Å². The largest absolute Gasteiger partial charge is 0.395 e. The number of hydrogen-bond acceptors (Lipinski definition) is 4. The van der Waals surface area contributed by atoms with Gasteiger partial charge in [0.25, 0.3) is 11.8 Å². The van der Waals surface area contributed by atoms with Crippen LogP contribution in [-0.4, -0.2) is 35.0 Å². The monoisotopic (exact) mass is 280 g/mol. The van der Waals surface area contributed by atoms with Crippen molar-refractivity contribution in [2.45, 2.75) is 6.92 Å². The molecule has 2 amide bonds. The van der Waals surface area contributed by atoms with Gasteiger partial charge in [0, 0.05) is 16.8 Å². The number of rotatable bonds is 4. The highest BCUT2D eigenvalue weighted by atomic mass is 35.5. The number of carbonyl (C=O) groups excluding carboxylic acids is 2. The van der Waals surface area contributed by atoms with E-state index in [9.17, 15) is 9.59 Å². The molecule has 0 unspecified atom stereocenters. The van der Waals surface area contributed by atoms with Crippen LogP contribution in [0.4, 0.5) is 5.69 Å². The van der Waals surface area contributed by atoms with Gasteiger partial charge in [-0.15, -0.1) is 0 Å². The summed E-state index contributed by atoms with van der Waals surface area (Å²) in [6.07, 6.45) is 1.23. The Morgan fingerprint density at radius 2 is 2.11 bits per heavy atom. The van der Waals surface area contributed by atoms with Gasteiger partial charge in [-0.25, -0.2) is 0 Å². The number of benzene rings is 1. The first kappa shape index (κ1) is 13.6. The predicted octanol–water partition coefficient (Wildman–Crippen LogP) is 1.31. The van der Waals surface area contributed by atoms with E-state index < -0.39 is 11.8 Å². The highest BCUT2D eigenvalue weighted by Crippen LogP contribution is 2.23. The molecule has 2 N–H and O–H groups in total. The summed E-state index contributed by atoms with van der Waals surface area (Å²) in [4.78, 5) is 24.5. The van der Waals surface area contributed by atoms with Crippen LogP contribution in [0.5, 0.6) is 0 Å². The molecule has 0 fully saturated rings. The summed E-state index contributed by atoms with van der Waals surface area (Å²) < 4.78 is 0. The van der Waals surface area contributed by atoms with Crippen molar-refractivity contribution in [2.24, 2.45) is 0 Å². The Kier molecular flexibility index (Phi) is 3.87. The lowest BCUT2D eigenvalue weighted by atomic mass is 10.2. The quantitative estimate of drug-likeness (QED) is 0.816. The van der Waals surface area contributed by atoms with Crippen molar-refractivity contribution < 1.29 is 14.7 Å². The van der Waals surface area contributed by atoms with Gasteiger partial charge in [0.15, 0.2) is 0 Å². The molecule has 1 aromatic rings. The standard InChI is InChI=1S/C13H13ClN2O3/c1-8-6-9(14)2-3-10(8)15-11-7-12(18)16(4-5-17)13(11)19/h2-3,6-7,15,17H,4-5H2,1H3. The lowest BCUT2D eigenvalue weighted by molar-refractivity contribution is -0.137. The number of halogens is 1. The third-order valence-electron chi connectivity index (χ3n) is 2.79. The molecule has 19 heavy (non-hydrogen) atoms. The van der Waals surface area contributed by atoms with Gasteiger partial charge < -0.3 is 10.4 Å². The second kappa shape index (κ2) is 5.42. The van der Waals surface area contributed by atoms with Crippen molar-refractivity contribution >= 4 is 29.1 Å². The number of imide groups is 1. The average molecular weight is 281 g/mol. The molecule has 5 nitrogen and oxygen atoms in total. The molecule has 0 bridgehead atoms. The van der Waals surface area contributed by atoms with Crippen LogP contribution in [0.3, 0.4) is 0 Å². The van der Waals surface area contributed by atoms with Gasteiger partial charge in [-0.2, -0.15) is 0 Å². The lowest BCUT2D eigenvalue weighted by Gasteiger charge is -2.14. The molecule has 0 atom stereocenters. The minimum Gasteiger partial charge on any atom is -0.395 e. The number of anilines is 1. The van der Waals surface area contributed by atoms with E-state index in [1.807, 2.05) is 6.92 Å². The Morgan fingerprint density at radius 3 is 2.74 bits per heavy atom. The smallest absolute Gasteiger partial charge is 0.277 e. The van der Waals surface area contributed by atoms with Crippen LogP contribution in [0.1, 0.15) is 5.56 Å². The number of aliphatic hydroxyl groups is 1. The zero-order valence-electron chi connectivity index (χ0n) is 10.3. The van der Waals surface area contributed by atoms with Gasteiger partial charge in [-0.05, 0) is 30.7 Å². The molecule has 0 saturated carbocycles. The summed E-state index contributed by atoms with van der Waals surface area (Å²) in [6, 6.07) is 5.20. The summed E-state index contributed by atoms with van der Waals surface area (Å²) in [7, 11) is 0. The van der Waals surface area contributed by atoms with Crippen molar-refractivity contribution in [1.82, 2.24) is 4.90 Å². The maximum absolute atomic E-state index is 11.9. The van der Waals surface area contributed by atoms with Crippen LogP contribution in [0.25, 0.3) is 0 Å². The van der Waals surface area contributed by atoms with Gasteiger partial charge in [0.1, 0.15) is 5.70 Å². The molecule has 0 radical (unpaired) electrons. The molecule has 2 rings (SSSR count). The minimum atomic E-state index is -0.437. The van der Waals surface area contributed by atoms with E-state index in [4.69, 9.17) is 16.7 Å². The first-order valence-electron chi connectivity index (χ1n) is 5.74. The second-order valence-corrected chi connectivity index (χ2v) is 4.60. The molecule has 0 aliphatic carbocycles. The normalized spacial score (nSPS) is 14.9. The molecular weight excluding hydrogens is 268 g/mol. The predicted molar refractivity (Wildman–Crippen MR) is 71.7 cm³/mol. The molecule has 6 heteroatoms. The Hall–Kier alpha value is -1.85. The Balaban J connectivity index is 2.18. The van der Waals surface area contributed by atoms with Gasteiger partial charge in [0.2, 0.25) is 0 Å². The van der Waals surface area contributed by atoms with Crippen LogP contribution < -0.4 is 5.32 Å². The first-order chi connectivity index (χ1) is 9.02. The van der Waals surface area contributed by atoms with Gasteiger partial charge in [-0.3, -0.25) is 14.5 Å². The van der Waals surface area contributed by atoms with Crippen LogP contribution in [-0.2, 0) is 9.59 Å². The third-order valence-corrected chi connectivity index (χ3v) is 3.03. The van der Waals surface area contributed by atoms with Crippen LogP contribution in [0.15, 0.2) is 30.0 Å². The number of carbonyl (C=O) groups is 2. The molecule has 100 valence electrons. The summed E-state index contributed by atoms with van der Waals surface area (Å²) in [5.41, 5.74) is 1.78. The number of nitrogens with one attached hydrogen (secondary N) is 1. The van der Waals surface area contributed by atoms with E-state index in [1.54, 1.807) is 18.2 Å². The number of aryl methyl sites for hydroxylation is 1. The van der Waals surface area contributed by atoms with E-state index >= 15 is 0 Å². The van der Waals surface area contributed by atoms with Crippen molar-refractivity contribution in [2.75, 3.05) is 18.5 Å². The fourth-order valence-corrected chi connectivity index (χ4v) is 2.05. The Morgan fingerprint density at radius 1 is 1.37 bits per heavy atom. The number of hydrogen-bond donors (Lipinski definition) is 2. The minimum absolute atomic E-state index is 0.00104. The number of aliphatic hydroxyl groups excluding tert-OH is 1. The van der Waals surface area contributed by atoms with E-state index in [0.717, 1.165) is 10.5 Å².